The van der Waals surface area contributed by atoms with Gasteiger partial charge >= 0.3 is 0 Å². The standard InChI is InChI=1S/C17H15ClN2/c18-17-4-2-14-7-11-20-12-8-15(14)16(17)3-1-13-5-9-19-10-6-13/h2,4-6,9-10,20H,7-8,11-12H2. The zero-order valence-corrected chi connectivity index (χ0v) is 11.9. The maximum atomic E-state index is 6.35. The third-order valence-corrected chi connectivity index (χ3v) is 3.81. The quantitative estimate of drug-likeness (QED) is 0.752. The average molecular weight is 283 g/mol. The van der Waals surface area contributed by atoms with Crippen LogP contribution >= 0.6 is 11.6 Å². The molecule has 3 heteroatoms. The van der Waals surface area contributed by atoms with Crippen molar-refractivity contribution in [1.82, 2.24) is 10.3 Å². The molecular weight excluding hydrogens is 268 g/mol. The van der Waals surface area contributed by atoms with Gasteiger partial charge in [0.1, 0.15) is 0 Å². The second-order valence-electron chi connectivity index (χ2n) is 4.80. The maximum Gasteiger partial charge on any atom is 0.0565 e. The summed E-state index contributed by atoms with van der Waals surface area (Å²) in [5.74, 6) is 6.43. The van der Waals surface area contributed by atoms with Crippen LogP contribution in [0.15, 0.2) is 36.7 Å². The van der Waals surface area contributed by atoms with Crippen LogP contribution in [0.3, 0.4) is 0 Å². The molecule has 2 nitrogen and oxygen atoms in total. The van der Waals surface area contributed by atoms with E-state index in [1.807, 2.05) is 18.2 Å². The van der Waals surface area contributed by atoms with Crippen molar-refractivity contribution in [2.75, 3.05) is 13.1 Å². The van der Waals surface area contributed by atoms with E-state index in [1.165, 1.54) is 11.1 Å². The van der Waals surface area contributed by atoms with Gasteiger partial charge in [-0.05, 0) is 55.3 Å². The molecule has 1 aliphatic rings. The number of nitrogens with one attached hydrogen (secondary N) is 1. The average Bonchev–Trinajstić information content (AvgIpc) is 2.73. The van der Waals surface area contributed by atoms with Gasteiger partial charge < -0.3 is 5.32 Å². The lowest BCUT2D eigenvalue weighted by atomic mass is 9.97. The Balaban J connectivity index is 2.03. The van der Waals surface area contributed by atoms with Gasteiger partial charge in [-0.2, -0.15) is 0 Å². The van der Waals surface area contributed by atoms with Crippen LogP contribution in [-0.4, -0.2) is 18.1 Å². The Bertz CT molecular complexity index is 669. The predicted octanol–water partition coefficient (Wildman–Crippen LogP) is 2.82. The second-order valence-corrected chi connectivity index (χ2v) is 5.20. The van der Waals surface area contributed by atoms with Gasteiger partial charge in [0.25, 0.3) is 0 Å². The van der Waals surface area contributed by atoms with E-state index in [9.17, 15) is 0 Å². The molecule has 0 aliphatic carbocycles. The molecule has 0 radical (unpaired) electrons. The number of benzene rings is 1. The Kier molecular flexibility index (Phi) is 4.01. The third kappa shape index (κ3) is 2.85. The zero-order valence-electron chi connectivity index (χ0n) is 11.1. The van der Waals surface area contributed by atoms with Crippen molar-refractivity contribution in [1.29, 1.82) is 0 Å². The Morgan fingerprint density at radius 3 is 2.65 bits per heavy atom. The topological polar surface area (TPSA) is 24.9 Å². The van der Waals surface area contributed by atoms with Crippen molar-refractivity contribution in [3.63, 3.8) is 0 Å². The molecular formula is C17H15ClN2. The van der Waals surface area contributed by atoms with E-state index in [0.29, 0.717) is 0 Å². The fourth-order valence-electron chi connectivity index (χ4n) is 2.45. The number of rotatable bonds is 0. The molecule has 2 heterocycles. The molecule has 1 aromatic carbocycles. The lowest BCUT2D eigenvalue weighted by molar-refractivity contribution is 0.711. The van der Waals surface area contributed by atoms with Gasteiger partial charge in [-0.1, -0.05) is 29.5 Å². The third-order valence-electron chi connectivity index (χ3n) is 3.49. The number of halogens is 1. The fourth-order valence-corrected chi connectivity index (χ4v) is 2.67. The number of hydrogen-bond acceptors (Lipinski definition) is 2. The summed E-state index contributed by atoms with van der Waals surface area (Å²) >= 11 is 6.35. The minimum Gasteiger partial charge on any atom is -0.316 e. The van der Waals surface area contributed by atoms with Crippen molar-refractivity contribution < 1.29 is 0 Å². The number of fused-ring (bicyclic) bond motifs is 1. The summed E-state index contributed by atoms with van der Waals surface area (Å²) in [7, 11) is 0. The van der Waals surface area contributed by atoms with E-state index in [0.717, 1.165) is 42.1 Å². The first-order valence-corrected chi connectivity index (χ1v) is 7.15. The molecule has 100 valence electrons. The summed E-state index contributed by atoms with van der Waals surface area (Å²) in [6.45, 7) is 2.00. The zero-order chi connectivity index (χ0) is 13.8. The van der Waals surface area contributed by atoms with Crippen LogP contribution in [-0.2, 0) is 12.8 Å². The summed E-state index contributed by atoms with van der Waals surface area (Å²) in [5, 5.41) is 4.16. The van der Waals surface area contributed by atoms with Crippen molar-refractivity contribution in [2.24, 2.45) is 0 Å². The highest BCUT2D eigenvalue weighted by Crippen LogP contribution is 2.25. The number of aromatic nitrogens is 1. The summed E-state index contributed by atoms with van der Waals surface area (Å²) < 4.78 is 0. The first-order valence-electron chi connectivity index (χ1n) is 6.77. The minimum absolute atomic E-state index is 0.743. The van der Waals surface area contributed by atoms with Crippen molar-refractivity contribution in [3.8, 4) is 11.8 Å². The Morgan fingerprint density at radius 2 is 1.80 bits per heavy atom. The van der Waals surface area contributed by atoms with Crippen LogP contribution in [0.1, 0.15) is 22.3 Å². The van der Waals surface area contributed by atoms with Gasteiger partial charge in [0.2, 0.25) is 0 Å². The van der Waals surface area contributed by atoms with Crippen LogP contribution < -0.4 is 5.32 Å². The van der Waals surface area contributed by atoms with E-state index in [4.69, 9.17) is 11.6 Å². The molecule has 20 heavy (non-hydrogen) atoms. The molecule has 0 amide bonds. The maximum absolute atomic E-state index is 6.35. The highest BCUT2D eigenvalue weighted by molar-refractivity contribution is 6.31. The van der Waals surface area contributed by atoms with E-state index < -0.39 is 0 Å². The molecule has 0 unspecified atom stereocenters. The monoisotopic (exact) mass is 282 g/mol. The van der Waals surface area contributed by atoms with Crippen LogP contribution in [0.25, 0.3) is 0 Å². The number of nitrogens with zero attached hydrogens (tertiary/aromatic N) is 1. The normalized spacial score (nSPS) is 13.8. The van der Waals surface area contributed by atoms with E-state index in [1.54, 1.807) is 12.4 Å². The van der Waals surface area contributed by atoms with Crippen LogP contribution in [0, 0.1) is 11.8 Å². The van der Waals surface area contributed by atoms with Crippen LogP contribution in [0.5, 0.6) is 0 Å². The molecule has 0 bridgehead atoms. The summed E-state index contributed by atoms with van der Waals surface area (Å²) in [6.07, 6.45) is 5.52. The summed E-state index contributed by atoms with van der Waals surface area (Å²) in [5.41, 5.74) is 4.59. The van der Waals surface area contributed by atoms with Gasteiger partial charge in [0, 0.05) is 23.5 Å². The largest absolute Gasteiger partial charge is 0.316 e. The first-order chi connectivity index (χ1) is 9.84. The number of hydrogen-bond donors (Lipinski definition) is 1. The van der Waals surface area contributed by atoms with Crippen molar-refractivity contribution >= 4 is 11.6 Å². The molecule has 1 N–H and O–H groups in total. The predicted molar refractivity (Wildman–Crippen MR) is 81.9 cm³/mol. The van der Waals surface area contributed by atoms with Crippen LogP contribution in [0.4, 0.5) is 0 Å². The molecule has 0 saturated heterocycles. The lowest BCUT2D eigenvalue weighted by Crippen LogP contribution is -2.16. The van der Waals surface area contributed by atoms with E-state index >= 15 is 0 Å². The molecule has 1 aliphatic heterocycles. The van der Waals surface area contributed by atoms with E-state index in [-0.39, 0.29) is 0 Å². The Morgan fingerprint density at radius 1 is 1.00 bits per heavy atom. The second kappa shape index (κ2) is 6.09. The highest BCUT2D eigenvalue weighted by Gasteiger charge is 2.13. The Hall–Kier alpha value is -1.82. The van der Waals surface area contributed by atoms with Gasteiger partial charge in [0.15, 0.2) is 0 Å². The molecule has 0 atom stereocenters. The molecule has 3 rings (SSSR count). The minimum atomic E-state index is 0.743. The molecule has 0 fully saturated rings. The van der Waals surface area contributed by atoms with Gasteiger partial charge in [-0.3, -0.25) is 4.98 Å². The molecule has 0 saturated carbocycles. The SMILES string of the molecule is Clc1ccc2c(c1C#Cc1ccncc1)CCNCC2. The smallest absolute Gasteiger partial charge is 0.0565 e. The van der Waals surface area contributed by atoms with Gasteiger partial charge in [0.05, 0.1) is 5.02 Å². The molecule has 2 aromatic rings. The highest BCUT2D eigenvalue weighted by atomic mass is 35.5. The van der Waals surface area contributed by atoms with E-state index in [2.05, 4.69) is 28.2 Å². The molecule has 0 spiro atoms. The fraction of sp³-hybridized carbons (Fsp3) is 0.235. The Labute approximate surface area is 124 Å². The lowest BCUT2D eigenvalue weighted by Gasteiger charge is -2.09. The van der Waals surface area contributed by atoms with Crippen molar-refractivity contribution in [3.05, 3.63) is 63.9 Å². The molecule has 1 aromatic heterocycles. The van der Waals surface area contributed by atoms with Crippen molar-refractivity contribution in [2.45, 2.75) is 12.8 Å². The first kappa shape index (κ1) is 13.2. The number of pyridine rings is 1. The van der Waals surface area contributed by atoms with Gasteiger partial charge in [-0.25, -0.2) is 0 Å². The summed E-state index contributed by atoms with van der Waals surface area (Å²) in [6, 6.07) is 7.90. The van der Waals surface area contributed by atoms with Crippen LogP contribution in [0.2, 0.25) is 5.02 Å². The van der Waals surface area contributed by atoms with Gasteiger partial charge in [-0.15, -0.1) is 0 Å². The summed E-state index contributed by atoms with van der Waals surface area (Å²) in [4.78, 5) is 4.00.